The van der Waals surface area contributed by atoms with Crippen molar-refractivity contribution in [3.8, 4) is 0 Å². The van der Waals surface area contributed by atoms with Crippen LogP contribution in [0.5, 0.6) is 0 Å². The van der Waals surface area contributed by atoms with Crippen molar-refractivity contribution in [1.29, 1.82) is 0 Å². The molecule has 0 spiro atoms. The lowest BCUT2D eigenvalue weighted by Gasteiger charge is -2.10. The van der Waals surface area contributed by atoms with E-state index in [1.807, 2.05) is 0 Å². The number of nitrogens with two attached hydrogens (primary N) is 1. The normalized spacial score (nSPS) is 12.8. The van der Waals surface area contributed by atoms with E-state index in [1.165, 1.54) is 24.3 Å². The Bertz CT molecular complexity index is 785. The van der Waals surface area contributed by atoms with Gasteiger partial charge in [-0.25, -0.2) is 8.78 Å². The number of fused-ring (bicyclic) bond motifs is 1. The molecule has 102 valence electrons. The number of rotatable bonds is 2. The molecule has 1 heterocycles. The molecule has 0 aliphatic rings. The molecule has 3 aromatic rings. The molecule has 3 rings (SSSR count). The van der Waals surface area contributed by atoms with Crippen LogP contribution >= 0.6 is 11.6 Å². The molecule has 0 aliphatic heterocycles. The minimum absolute atomic E-state index is 0.0000977. The van der Waals surface area contributed by atoms with Gasteiger partial charge in [0.2, 0.25) is 0 Å². The molecule has 0 aliphatic carbocycles. The average Bonchev–Trinajstić information content (AvgIpc) is 2.84. The summed E-state index contributed by atoms with van der Waals surface area (Å²) in [5.41, 5.74) is 6.73. The Morgan fingerprint density at radius 3 is 2.70 bits per heavy atom. The average molecular weight is 294 g/mol. The molecule has 0 saturated carbocycles. The van der Waals surface area contributed by atoms with E-state index in [1.54, 1.807) is 18.2 Å². The fourth-order valence-corrected chi connectivity index (χ4v) is 2.28. The summed E-state index contributed by atoms with van der Waals surface area (Å²) in [5, 5.41) is 0.581. The first kappa shape index (κ1) is 13.1. The molecule has 0 bridgehead atoms. The summed E-state index contributed by atoms with van der Waals surface area (Å²) in [6.07, 6.45) is 0. The van der Waals surface area contributed by atoms with E-state index < -0.39 is 11.9 Å². The second-order valence-corrected chi connectivity index (χ2v) is 4.86. The van der Waals surface area contributed by atoms with Crippen LogP contribution in [0.4, 0.5) is 8.78 Å². The van der Waals surface area contributed by atoms with E-state index in [0.717, 1.165) is 0 Å². The number of hydrogen-bond donors (Lipinski definition) is 1. The largest absolute Gasteiger partial charge is 0.459 e. The number of benzene rings is 2. The predicted octanol–water partition coefficient (Wildman–Crippen LogP) is 4.41. The lowest BCUT2D eigenvalue weighted by molar-refractivity contribution is 0.510. The van der Waals surface area contributed by atoms with Gasteiger partial charge in [0.05, 0.1) is 11.1 Å². The first-order valence-corrected chi connectivity index (χ1v) is 6.32. The van der Waals surface area contributed by atoms with E-state index in [-0.39, 0.29) is 16.4 Å². The van der Waals surface area contributed by atoms with Gasteiger partial charge in [0.25, 0.3) is 0 Å². The van der Waals surface area contributed by atoms with Crippen molar-refractivity contribution in [2.24, 2.45) is 5.73 Å². The standard InChI is InChI=1S/C15H10ClF2NO/c16-11-3-1-2-10(14(11)18)15(19)13-7-8-6-9(17)4-5-12(8)20-13/h1-7,15H,19H2. The van der Waals surface area contributed by atoms with Gasteiger partial charge in [-0.15, -0.1) is 0 Å². The van der Waals surface area contributed by atoms with Gasteiger partial charge >= 0.3 is 0 Å². The summed E-state index contributed by atoms with van der Waals surface area (Å²) in [4.78, 5) is 0. The maximum atomic E-state index is 13.9. The van der Waals surface area contributed by atoms with Crippen LogP contribution in [0.25, 0.3) is 11.0 Å². The number of furan rings is 1. The van der Waals surface area contributed by atoms with Crippen LogP contribution < -0.4 is 5.73 Å². The van der Waals surface area contributed by atoms with Crippen molar-refractivity contribution in [3.63, 3.8) is 0 Å². The summed E-state index contributed by atoms with van der Waals surface area (Å²) >= 11 is 5.73. The Morgan fingerprint density at radius 1 is 1.10 bits per heavy atom. The minimum Gasteiger partial charge on any atom is -0.459 e. The van der Waals surface area contributed by atoms with Crippen molar-refractivity contribution in [3.05, 3.63) is 70.4 Å². The van der Waals surface area contributed by atoms with Gasteiger partial charge in [0.15, 0.2) is 0 Å². The summed E-state index contributed by atoms with van der Waals surface area (Å²) < 4.78 is 32.6. The van der Waals surface area contributed by atoms with Gasteiger partial charge in [-0.3, -0.25) is 0 Å². The maximum absolute atomic E-state index is 13.9. The molecule has 2 N–H and O–H groups in total. The van der Waals surface area contributed by atoms with Gasteiger partial charge in [-0.05, 0) is 30.3 Å². The van der Waals surface area contributed by atoms with E-state index >= 15 is 0 Å². The van der Waals surface area contributed by atoms with Crippen LogP contribution in [-0.4, -0.2) is 0 Å². The first-order chi connectivity index (χ1) is 9.56. The van der Waals surface area contributed by atoms with E-state index in [4.69, 9.17) is 21.8 Å². The summed E-state index contributed by atoms with van der Waals surface area (Å²) in [6.45, 7) is 0. The van der Waals surface area contributed by atoms with Crippen molar-refractivity contribution in [1.82, 2.24) is 0 Å². The molecule has 2 aromatic carbocycles. The highest BCUT2D eigenvalue weighted by Gasteiger charge is 2.19. The van der Waals surface area contributed by atoms with Crippen molar-refractivity contribution in [2.75, 3.05) is 0 Å². The zero-order valence-corrected chi connectivity index (χ0v) is 11.0. The Morgan fingerprint density at radius 2 is 1.90 bits per heavy atom. The Hall–Kier alpha value is -1.91. The molecule has 5 heteroatoms. The topological polar surface area (TPSA) is 39.2 Å². The zero-order chi connectivity index (χ0) is 14.3. The molecule has 0 saturated heterocycles. The zero-order valence-electron chi connectivity index (χ0n) is 10.2. The monoisotopic (exact) mass is 293 g/mol. The molecule has 0 amide bonds. The second kappa shape index (κ2) is 4.89. The van der Waals surface area contributed by atoms with Gasteiger partial charge in [0, 0.05) is 10.9 Å². The third kappa shape index (κ3) is 2.17. The van der Waals surface area contributed by atoms with Crippen molar-refractivity contribution in [2.45, 2.75) is 6.04 Å². The number of hydrogen-bond acceptors (Lipinski definition) is 2. The predicted molar refractivity (Wildman–Crippen MR) is 73.6 cm³/mol. The maximum Gasteiger partial charge on any atom is 0.147 e. The van der Waals surface area contributed by atoms with Gasteiger partial charge in [-0.2, -0.15) is 0 Å². The lowest BCUT2D eigenvalue weighted by Crippen LogP contribution is -2.12. The highest BCUT2D eigenvalue weighted by Crippen LogP contribution is 2.30. The SMILES string of the molecule is NC(c1cc2cc(F)ccc2o1)c1cccc(Cl)c1F. The Balaban J connectivity index is 2.08. The van der Waals surface area contributed by atoms with Crippen LogP contribution in [0.1, 0.15) is 17.4 Å². The van der Waals surface area contributed by atoms with E-state index in [0.29, 0.717) is 16.7 Å². The molecule has 20 heavy (non-hydrogen) atoms. The first-order valence-electron chi connectivity index (χ1n) is 5.95. The van der Waals surface area contributed by atoms with E-state index in [2.05, 4.69) is 0 Å². The van der Waals surface area contributed by atoms with Crippen LogP contribution in [0.2, 0.25) is 5.02 Å². The van der Waals surface area contributed by atoms with Crippen LogP contribution in [0.15, 0.2) is 46.9 Å². The Kier molecular flexibility index (Phi) is 3.20. The minimum atomic E-state index is -0.802. The van der Waals surface area contributed by atoms with Gasteiger partial charge in [-0.1, -0.05) is 23.7 Å². The highest BCUT2D eigenvalue weighted by atomic mass is 35.5. The van der Waals surface area contributed by atoms with Crippen LogP contribution in [0.3, 0.4) is 0 Å². The summed E-state index contributed by atoms with van der Waals surface area (Å²) in [7, 11) is 0. The Labute approximate surface area is 118 Å². The van der Waals surface area contributed by atoms with Crippen molar-refractivity contribution >= 4 is 22.6 Å². The summed E-state index contributed by atoms with van der Waals surface area (Å²) in [5.74, 6) is -0.590. The van der Waals surface area contributed by atoms with Crippen molar-refractivity contribution < 1.29 is 13.2 Å². The second-order valence-electron chi connectivity index (χ2n) is 4.45. The highest BCUT2D eigenvalue weighted by molar-refractivity contribution is 6.30. The molecule has 1 atom stereocenters. The molecular formula is C15H10ClF2NO. The molecule has 0 fully saturated rings. The van der Waals surface area contributed by atoms with Crippen LogP contribution in [-0.2, 0) is 0 Å². The molecule has 0 radical (unpaired) electrons. The van der Waals surface area contributed by atoms with Gasteiger partial charge in [0.1, 0.15) is 23.0 Å². The smallest absolute Gasteiger partial charge is 0.147 e. The molecule has 2 nitrogen and oxygen atoms in total. The summed E-state index contributed by atoms with van der Waals surface area (Å²) in [6, 6.07) is 9.54. The third-order valence-corrected chi connectivity index (χ3v) is 3.41. The van der Waals surface area contributed by atoms with E-state index in [9.17, 15) is 8.78 Å². The fraction of sp³-hybridized carbons (Fsp3) is 0.0667. The van der Waals surface area contributed by atoms with Gasteiger partial charge < -0.3 is 10.2 Å². The molecule has 1 unspecified atom stereocenters. The molecular weight excluding hydrogens is 284 g/mol. The van der Waals surface area contributed by atoms with Crippen LogP contribution in [0, 0.1) is 11.6 Å². The third-order valence-electron chi connectivity index (χ3n) is 3.12. The quantitative estimate of drug-likeness (QED) is 0.760. The molecule has 1 aromatic heterocycles. The number of halogens is 3. The fourth-order valence-electron chi connectivity index (χ4n) is 2.10. The lowest BCUT2D eigenvalue weighted by atomic mass is 10.0.